The van der Waals surface area contributed by atoms with Gasteiger partial charge in [0.25, 0.3) is 0 Å². The maximum atomic E-state index is 11.6. The van der Waals surface area contributed by atoms with Crippen molar-refractivity contribution in [3.05, 3.63) is 29.8 Å². The number of hydrogen-bond donors (Lipinski definition) is 0. The van der Waals surface area contributed by atoms with E-state index in [4.69, 9.17) is 0 Å². The maximum absolute atomic E-state index is 11.6. The highest BCUT2D eigenvalue weighted by Gasteiger charge is 2.06. The molecule has 1 aromatic rings. The van der Waals surface area contributed by atoms with E-state index >= 15 is 0 Å². The van der Waals surface area contributed by atoms with Crippen molar-refractivity contribution < 1.29 is 4.21 Å². The van der Waals surface area contributed by atoms with Crippen molar-refractivity contribution >= 4 is 10.8 Å². The van der Waals surface area contributed by atoms with E-state index in [1.165, 1.54) is 5.56 Å². The minimum atomic E-state index is -0.843. The smallest absolute Gasteiger partial charge is 0.0555 e. The van der Waals surface area contributed by atoms with Gasteiger partial charge in [0.1, 0.15) is 0 Å². The van der Waals surface area contributed by atoms with E-state index in [1.54, 1.807) is 0 Å². The summed E-state index contributed by atoms with van der Waals surface area (Å²) in [5.74, 6) is 0. The van der Waals surface area contributed by atoms with Gasteiger partial charge in [0, 0.05) is 10.1 Å². The van der Waals surface area contributed by atoms with E-state index in [1.807, 2.05) is 45.0 Å². The standard InChI is InChI=1S/C10H14OS/c1-8(2)12(11)10-6-4-9(3)5-7-10/h4-8H,1-3H3/t12-/m1/s1. The molecule has 0 saturated carbocycles. The van der Waals surface area contributed by atoms with Gasteiger partial charge < -0.3 is 0 Å². The SMILES string of the molecule is Cc1ccc([S@](=O)C(C)C)cc1. The summed E-state index contributed by atoms with van der Waals surface area (Å²) in [7, 11) is -0.843. The zero-order valence-electron chi connectivity index (χ0n) is 7.70. The van der Waals surface area contributed by atoms with Crippen LogP contribution in [0.4, 0.5) is 0 Å². The first-order valence-corrected chi connectivity index (χ1v) is 5.30. The van der Waals surface area contributed by atoms with E-state index in [2.05, 4.69) is 0 Å². The molecule has 0 N–H and O–H groups in total. The second-order valence-corrected chi connectivity index (χ2v) is 5.17. The van der Waals surface area contributed by atoms with E-state index in [0.717, 1.165) is 4.90 Å². The highest BCUT2D eigenvalue weighted by Crippen LogP contribution is 2.11. The third-order valence-electron chi connectivity index (χ3n) is 1.68. The Morgan fingerprint density at radius 3 is 2.08 bits per heavy atom. The first-order chi connectivity index (χ1) is 5.61. The van der Waals surface area contributed by atoms with Gasteiger partial charge in [0.15, 0.2) is 0 Å². The average molecular weight is 182 g/mol. The lowest BCUT2D eigenvalue weighted by molar-refractivity contribution is 0.676. The predicted octanol–water partition coefficient (Wildman–Crippen LogP) is 2.51. The third kappa shape index (κ3) is 2.18. The molecule has 0 spiro atoms. The van der Waals surface area contributed by atoms with E-state index in [9.17, 15) is 4.21 Å². The first kappa shape index (κ1) is 9.46. The van der Waals surface area contributed by atoms with Crippen molar-refractivity contribution in [3.8, 4) is 0 Å². The Bertz CT molecular complexity index is 274. The molecule has 0 amide bonds. The molecule has 66 valence electrons. The molecule has 2 heteroatoms. The summed E-state index contributed by atoms with van der Waals surface area (Å²) in [5.41, 5.74) is 1.21. The zero-order valence-corrected chi connectivity index (χ0v) is 8.52. The van der Waals surface area contributed by atoms with Crippen molar-refractivity contribution in [2.45, 2.75) is 30.9 Å². The summed E-state index contributed by atoms with van der Waals surface area (Å²) < 4.78 is 11.6. The highest BCUT2D eigenvalue weighted by atomic mass is 32.2. The number of benzene rings is 1. The molecular formula is C10H14OS. The van der Waals surface area contributed by atoms with E-state index < -0.39 is 10.8 Å². The molecule has 0 aliphatic rings. The molecule has 0 aromatic heterocycles. The topological polar surface area (TPSA) is 17.1 Å². The van der Waals surface area contributed by atoms with Crippen LogP contribution in [0.15, 0.2) is 29.2 Å². The third-order valence-corrected chi connectivity index (χ3v) is 3.27. The summed E-state index contributed by atoms with van der Waals surface area (Å²) in [5, 5.41) is 0.202. The molecule has 0 saturated heterocycles. The molecule has 1 rings (SSSR count). The van der Waals surface area contributed by atoms with Gasteiger partial charge in [-0.05, 0) is 19.1 Å². The Morgan fingerprint density at radius 1 is 1.17 bits per heavy atom. The average Bonchev–Trinajstić information content (AvgIpc) is 2.04. The van der Waals surface area contributed by atoms with Crippen LogP contribution in [0.1, 0.15) is 19.4 Å². The lowest BCUT2D eigenvalue weighted by Gasteiger charge is -2.04. The van der Waals surface area contributed by atoms with E-state index in [0.29, 0.717) is 0 Å². The highest BCUT2D eigenvalue weighted by molar-refractivity contribution is 7.85. The molecule has 1 atom stereocenters. The van der Waals surface area contributed by atoms with Crippen LogP contribution in [0.2, 0.25) is 0 Å². The molecule has 0 aliphatic carbocycles. The lowest BCUT2D eigenvalue weighted by Crippen LogP contribution is -2.05. The van der Waals surface area contributed by atoms with Crippen LogP contribution in [0.5, 0.6) is 0 Å². The first-order valence-electron chi connectivity index (χ1n) is 4.08. The van der Waals surface area contributed by atoms with Gasteiger partial charge in [-0.2, -0.15) is 0 Å². The van der Waals surface area contributed by atoms with Gasteiger partial charge >= 0.3 is 0 Å². The maximum Gasteiger partial charge on any atom is 0.0555 e. The molecule has 0 radical (unpaired) electrons. The number of aryl methyl sites for hydroxylation is 1. The largest absolute Gasteiger partial charge is 0.254 e. The summed E-state index contributed by atoms with van der Waals surface area (Å²) in [6.45, 7) is 5.97. The van der Waals surface area contributed by atoms with Crippen molar-refractivity contribution in [1.29, 1.82) is 0 Å². The van der Waals surface area contributed by atoms with Crippen molar-refractivity contribution in [2.75, 3.05) is 0 Å². The van der Waals surface area contributed by atoms with Gasteiger partial charge in [-0.1, -0.05) is 31.5 Å². The Morgan fingerprint density at radius 2 is 1.67 bits per heavy atom. The van der Waals surface area contributed by atoms with Gasteiger partial charge in [0.05, 0.1) is 10.8 Å². The normalized spacial score (nSPS) is 13.3. The fraction of sp³-hybridized carbons (Fsp3) is 0.400. The quantitative estimate of drug-likeness (QED) is 0.687. The van der Waals surface area contributed by atoms with Crippen molar-refractivity contribution in [1.82, 2.24) is 0 Å². The minimum Gasteiger partial charge on any atom is -0.254 e. The molecular weight excluding hydrogens is 168 g/mol. The zero-order chi connectivity index (χ0) is 9.14. The van der Waals surface area contributed by atoms with Gasteiger partial charge in [-0.25, -0.2) is 0 Å². The molecule has 0 bridgehead atoms. The van der Waals surface area contributed by atoms with Gasteiger partial charge in [-0.15, -0.1) is 0 Å². The van der Waals surface area contributed by atoms with E-state index in [-0.39, 0.29) is 5.25 Å². The van der Waals surface area contributed by atoms with Crippen LogP contribution in [-0.2, 0) is 10.8 Å². The fourth-order valence-corrected chi connectivity index (χ4v) is 1.89. The van der Waals surface area contributed by atoms with Crippen LogP contribution in [0, 0.1) is 6.92 Å². The Labute approximate surface area is 76.3 Å². The minimum absolute atomic E-state index is 0.202. The van der Waals surface area contributed by atoms with Crippen molar-refractivity contribution in [2.24, 2.45) is 0 Å². The second-order valence-electron chi connectivity index (χ2n) is 3.16. The molecule has 0 fully saturated rings. The van der Waals surface area contributed by atoms with Crippen LogP contribution in [-0.4, -0.2) is 9.46 Å². The monoisotopic (exact) mass is 182 g/mol. The molecule has 12 heavy (non-hydrogen) atoms. The number of hydrogen-bond acceptors (Lipinski definition) is 1. The molecule has 0 unspecified atom stereocenters. The Kier molecular flexibility index (Phi) is 3.04. The Balaban J connectivity index is 2.90. The van der Waals surface area contributed by atoms with Gasteiger partial charge in [0.2, 0.25) is 0 Å². The summed E-state index contributed by atoms with van der Waals surface area (Å²) >= 11 is 0. The molecule has 1 nitrogen and oxygen atoms in total. The van der Waals surface area contributed by atoms with Crippen LogP contribution in [0.25, 0.3) is 0 Å². The number of rotatable bonds is 2. The molecule has 0 aliphatic heterocycles. The second kappa shape index (κ2) is 3.85. The fourth-order valence-electron chi connectivity index (χ4n) is 0.945. The summed E-state index contributed by atoms with van der Waals surface area (Å²) in [6, 6.07) is 7.86. The molecule has 1 aromatic carbocycles. The summed E-state index contributed by atoms with van der Waals surface area (Å²) in [6.07, 6.45) is 0. The summed E-state index contributed by atoms with van der Waals surface area (Å²) in [4.78, 5) is 0.926. The predicted molar refractivity (Wildman–Crippen MR) is 52.7 cm³/mol. The van der Waals surface area contributed by atoms with Crippen LogP contribution < -0.4 is 0 Å². The molecule has 0 heterocycles. The van der Waals surface area contributed by atoms with Crippen LogP contribution in [0.3, 0.4) is 0 Å². The van der Waals surface area contributed by atoms with Crippen molar-refractivity contribution in [3.63, 3.8) is 0 Å². The Hall–Kier alpha value is -0.630. The lowest BCUT2D eigenvalue weighted by atomic mass is 10.2. The van der Waals surface area contributed by atoms with Crippen LogP contribution >= 0.6 is 0 Å². The van der Waals surface area contributed by atoms with Gasteiger partial charge in [-0.3, -0.25) is 4.21 Å².